The third kappa shape index (κ3) is 2.90. The van der Waals surface area contributed by atoms with Crippen LogP contribution in [0.4, 0.5) is 17.6 Å². The van der Waals surface area contributed by atoms with Gasteiger partial charge in [-0.05, 0) is 18.2 Å². The summed E-state index contributed by atoms with van der Waals surface area (Å²) < 4.78 is 50.6. The Hall–Kier alpha value is -0.820. The van der Waals surface area contributed by atoms with Gasteiger partial charge in [-0.2, -0.15) is 13.2 Å². The van der Waals surface area contributed by atoms with E-state index in [0.29, 0.717) is 14.6 Å². The number of benzene rings is 1. The van der Waals surface area contributed by atoms with Gasteiger partial charge in [0.05, 0.1) is 22.5 Å². The minimum absolute atomic E-state index is 0.270. The van der Waals surface area contributed by atoms with Crippen LogP contribution in [0.15, 0.2) is 22.5 Å². The summed E-state index contributed by atoms with van der Waals surface area (Å²) in [6.45, 7) is -0.478. The SMILES string of the molecule is FCCSc1nc2cc(C(F)(F)F)ccc2s1. The number of thiazole rings is 1. The van der Waals surface area contributed by atoms with E-state index in [0.717, 1.165) is 12.1 Å². The summed E-state index contributed by atoms with van der Waals surface area (Å²) in [4.78, 5) is 4.04. The van der Waals surface area contributed by atoms with E-state index < -0.39 is 18.4 Å². The Labute approximate surface area is 103 Å². The normalized spacial score (nSPS) is 12.2. The highest BCUT2D eigenvalue weighted by atomic mass is 32.2. The van der Waals surface area contributed by atoms with E-state index in [1.54, 1.807) is 0 Å². The molecule has 1 nitrogen and oxygen atoms in total. The zero-order chi connectivity index (χ0) is 12.5. The van der Waals surface area contributed by atoms with Crippen molar-refractivity contribution >= 4 is 33.3 Å². The fourth-order valence-corrected chi connectivity index (χ4v) is 3.12. The van der Waals surface area contributed by atoms with Gasteiger partial charge >= 0.3 is 6.18 Å². The van der Waals surface area contributed by atoms with Gasteiger partial charge in [-0.15, -0.1) is 11.3 Å². The van der Waals surface area contributed by atoms with Gasteiger partial charge in [-0.25, -0.2) is 4.98 Å². The number of fused-ring (bicyclic) bond motifs is 1. The van der Waals surface area contributed by atoms with Crippen molar-refractivity contribution in [3.63, 3.8) is 0 Å². The molecule has 1 aromatic heterocycles. The van der Waals surface area contributed by atoms with E-state index in [1.165, 1.54) is 29.2 Å². The molecule has 0 radical (unpaired) electrons. The highest BCUT2D eigenvalue weighted by Gasteiger charge is 2.30. The van der Waals surface area contributed by atoms with Gasteiger partial charge < -0.3 is 0 Å². The van der Waals surface area contributed by atoms with Gasteiger partial charge in [0.25, 0.3) is 0 Å². The third-order valence-electron chi connectivity index (χ3n) is 2.00. The molecular formula is C10H7F4NS2. The highest BCUT2D eigenvalue weighted by Crippen LogP contribution is 2.34. The summed E-state index contributed by atoms with van der Waals surface area (Å²) in [5.74, 6) is 0.270. The number of rotatable bonds is 3. The zero-order valence-electron chi connectivity index (χ0n) is 8.42. The lowest BCUT2D eigenvalue weighted by atomic mass is 10.2. The summed E-state index contributed by atoms with van der Waals surface area (Å²) in [7, 11) is 0. The van der Waals surface area contributed by atoms with Gasteiger partial charge in [0.1, 0.15) is 0 Å². The fourth-order valence-electron chi connectivity index (χ4n) is 1.27. The molecule has 2 aromatic rings. The third-order valence-corrected chi connectivity index (χ3v) is 4.13. The lowest BCUT2D eigenvalue weighted by molar-refractivity contribution is -0.137. The molecule has 0 saturated carbocycles. The predicted molar refractivity (Wildman–Crippen MR) is 61.3 cm³/mol. The van der Waals surface area contributed by atoms with Gasteiger partial charge in [-0.3, -0.25) is 4.39 Å². The number of thioether (sulfide) groups is 1. The largest absolute Gasteiger partial charge is 0.416 e. The van der Waals surface area contributed by atoms with Crippen molar-refractivity contribution in [1.82, 2.24) is 4.98 Å². The lowest BCUT2D eigenvalue weighted by Gasteiger charge is -2.04. The Bertz CT molecular complexity index is 520. The monoisotopic (exact) mass is 281 g/mol. The van der Waals surface area contributed by atoms with Gasteiger partial charge in [-0.1, -0.05) is 11.8 Å². The molecule has 0 bridgehead atoms. The van der Waals surface area contributed by atoms with Crippen LogP contribution in [0.5, 0.6) is 0 Å². The van der Waals surface area contributed by atoms with E-state index in [2.05, 4.69) is 4.98 Å². The Morgan fingerprint density at radius 2 is 2.06 bits per heavy atom. The van der Waals surface area contributed by atoms with Crippen LogP contribution >= 0.6 is 23.1 Å². The molecular weight excluding hydrogens is 274 g/mol. The molecule has 0 saturated heterocycles. The van der Waals surface area contributed by atoms with Crippen LogP contribution in [0.25, 0.3) is 10.2 Å². The maximum Gasteiger partial charge on any atom is 0.416 e. The second-order valence-electron chi connectivity index (χ2n) is 3.20. The topological polar surface area (TPSA) is 12.9 Å². The number of hydrogen-bond donors (Lipinski definition) is 0. The number of aromatic nitrogens is 1. The van der Waals surface area contributed by atoms with Crippen molar-refractivity contribution in [3.8, 4) is 0 Å². The molecule has 0 aliphatic carbocycles. The maximum atomic E-state index is 12.4. The fraction of sp³-hybridized carbons (Fsp3) is 0.300. The van der Waals surface area contributed by atoms with Crippen LogP contribution in [0.3, 0.4) is 0 Å². The summed E-state index contributed by atoms with van der Waals surface area (Å²) in [5, 5.41) is 0. The molecule has 0 amide bonds. The van der Waals surface area contributed by atoms with Crippen LogP contribution in [-0.4, -0.2) is 17.4 Å². The van der Waals surface area contributed by atoms with E-state index in [1.807, 2.05) is 0 Å². The van der Waals surface area contributed by atoms with Gasteiger partial charge in [0, 0.05) is 5.75 Å². The van der Waals surface area contributed by atoms with Crippen LogP contribution < -0.4 is 0 Å². The summed E-state index contributed by atoms with van der Waals surface area (Å²) in [6.07, 6.45) is -4.36. The van der Waals surface area contributed by atoms with Crippen LogP contribution in [0, 0.1) is 0 Å². The first-order valence-electron chi connectivity index (χ1n) is 4.67. The summed E-state index contributed by atoms with van der Waals surface area (Å²) >= 11 is 2.49. The second kappa shape index (κ2) is 4.81. The molecule has 0 aliphatic heterocycles. The molecule has 17 heavy (non-hydrogen) atoms. The van der Waals surface area contributed by atoms with Crippen molar-refractivity contribution in [2.75, 3.05) is 12.4 Å². The molecule has 0 unspecified atom stereocenters. The predicted octanol–water partition coefficient (Wildman–Crippen LogP) is 4.38. The smallest absolute Gasteiger partial charge is 0.250 e. The summed E-state index contributed by atoms with van der Waals surface area (Å²) in [6, 6.07) is 3.45. The Morgan fingerprint density at radius 3 is 2.71 bits per heavy atom. The maximum absolute atomic E-state index is 12.4. The molecule has 1 heterocycles. The zero-order valence-corrected chi connectivity index (χ0v) is 10.1. The number of halogens is 4. The first kappa shape index (κ1) is 12.6. The van der Waals surface area contributed by atoms with Crippen molar-refractivity contribution in [2.24, 2.45) is 0 Å². The number of hydrogen-bond acceptors (Lipinski definition) is 3. The Balaban J connectivity index is 2.34. The first-order valence-corrected chi connectivity index (χ1v) is 6.47. The van der Waals surface area contributed by atoms with E-state index in [4.69, 9.17) is 0 Å². The number of alkyl halides is 4. The first-order chi connectivity index (χ1) is 8.00. The molecule has 0 N–H and O–H groups in total. The molecule has 7 heteroatoms. The molecule has 1 aromatic carbocycles. The van der Waals surface area contributed by atoms with E-state index in [9.17, 15) is 17.6 Å². The highest BCUT2D eigenvalue weighted by molar-refractivity contribution is 8.01. The minimum atomic E-state index is -4.36. The number of nitrogens with zero attached hydrogens (tertiary/aromatic N) is 1. The second-order valence-corrected chi connectivity index (χ2v) is 5.57. The molecule has 0 spiro atoms. The van der Waals surface area contributed by atoms with Crippen LogP contribution in [-0.2, 0) is 6.18 Å². The quantitative estimate of drug-likeness (QED) is 0.612. The molecule has 0 fully saturated rings. The standard InChI is InChI=1S/C10H7F4NS2/c11-3-4-16-9-15-7-5-6(10(12,13)14)1-2-8(7)17-9/h1-2,5H,3-4H2. The Morgan fingerprint density at radius 1 is 1.29 bits per heavy atom. The Kier molecular flexibility index (Phi) is 3.58. The van der Waals surface area contributed by atoms with Crippen LogP contribution in [0.1, 0.15) is 5.56 Å². The van der Waals surface area contributed by atoms with Crippen molar-refractivity contribution in [3.05, 3.63) is 23.8 Å². The molecule has 0 aliphatic rings. The van der Waals surface area contributed by atoms with Crippen molar-refractivity contribution in [2.45, 2.75) is 10.5 Å². The molecule has 92 valence electrons. The molecule has 0 atom stereocenters. The van der Waals surface area contributed by atoms with Gasteiger partial charge in [0.15, 0.2) is 4.34 Å². The lowest BCUT2D eigenvalue weighted by Crippen LogP contribution is -2.03. The van der Waals surface area contributed by atoms with E-state index in [-0.39, 0.29) is 5.75 Å². The van der Waals surface area contributed by atoms with E-state index >= 15 is 0 Å². The van der Waals surface area contributed by atoms with Crippen molar-refractivity contribution in [1.29, 1.82) is 0 Å². The minimum Gasteiger partial charge on any atom is -0.250 e. The average molecular weight is 281 g/mol. The average Bonchev–Trinajstić information content (AvgIpc) is 2.66. The van der Waals surface area contributed by atoms with Crippen molar-refractivity contribution < 1.29 is 17.6 Å². The molecule has 2 rings (SSSR count). The van der Waals surface area contributed by atoms with Gasteiger partial charge in [0.2, 0.25) is 0 Å². The van der Waals surface area contributed by atoms with Crippen LogP contribution in [0.2, 0.25) is 0 Å². The summed E-state index contributed by atoms with van der Waals surface area (Å²) in [5.41, 5.74) is -0.400.